The van der Waals surface area contributed by atoms with Crippen molar-refractivity contribution >= 4 is 22.5 Å². The molecular weight excluding hydrogens is 320 g/mol. The van der Waals surface area contributed by atoms with Crippen molar-refractivity contribution in [1.29, 1.82) is 0 Å². The molecule has 0 fully saturated rings. The lowest BCUT2D eigenvalue weighted by Gasteiger charge is -2.29. The molecule has 0 saturated carbocycles. The van der Waals surface area contributed by atoms with Gasteiger partial charge in [-0.15, -0.1) is 0 Å². The number of hydrogen-bond donors (Lipinski definition) is 2. The van der Waals surface area contributed by atoms with E-state index in [0.29, 0.717) is 21.9 Å². The summed E-state index contributed by atoms with van der Waals surface area (Å²) < 4.78 is 12.2. The molecule has 0 radical (unpaired) electrons. The molecule has 0 aromatic heterocycles. The van der Waals surface area contributed by atoms with Crippen LogP contribution in [0.5, 0.6) is 0 Å². The quantitative estimate of drug-likeness (QED) is 0.644. The van der Waals surface area contributed by atoms with Crippen LogP contribution in [0.1, 0.15) is 25.3 Å². The molecule has 122 valence electrons. The van der Waals surface area contributed by atoms with Crippen LogP contribution in [0.4, 0.5) is 5.69 Å². The SMILES string of the molecule is CC1=C(C(=O)O)C(c2cccc([N+](=O)[O-])c2)C(S(C)=O)=C(C)N1. The molecular formula is C15H16N2O5S. The van der Waals surface area contributed by atoms with Gasteiger partial charge in [-0.1, -0.05) is 12.1 Å². The number of rotatable bonds is 4. The lowest BCUT2D eigenvalue weighted by atomic mass is 9.86. The molecule has 1 heterocycles. The number of carbonyl (C=O) groups is 1. The van der Waals surface area contributed by atoms with Gasteiger partial charge in [0.1, 0.15) is 0 Å². The second-order valence-corrected chi connectivity index (χ2v) is 6.55. The third kappa shape index (κ3) is 3.16. The molecule has 23 heavy (non-hydrogen) atoms. The number of nitrogens with one attached hydrogen (secondary N) is 1. The van der Waals surface area contributed by atoms with Gasteiger partial charge in [0, 0.05) is 45.5 Å². The zero-order valence-corrected chi connectivity index (χ0v) is 13.6. The molecule has 0 amide bonds. The summed E-state index contributed by atoms with van der Waals surface area (Å²) in [4.78, 5) is 22.5. The zero-order chi connectivity index (χ0) is 17.3. The Morgan fingerprint density at radius 1 is 1.35 bits per heavy atom. The summed E-state index contributed by atoms with van der Waals surface area (Å²) in [6.45, 7) is 3.33. The van der Waals surface area contributed by atoms with Gasteiger partial charge in [-0.2, -0.15) is 0 Å². The number of hydrogen-bond acceptors (Lipinski definition) is 5. The summed E-state index contributed by atoms with van der Waals surface area (Å²) >= 11 is 0. The first-order valence-corrected chi connectivity index (χ1v) is 8.29. The van der Waals surface area contributed by atoms with E-state index in [4.69, 9.17) is 0 Å². The number of nitrogens with zero attached hydrogens (tertiary/aromatic N) is 1. The maximum atomic E-state index is 12.2. The van der Waals surface area contributed by atoms with Gasteiger partial charge in [0.25, 0.3) is 5.69 Å². The number of allylic oxidation sites excluding steroid dienone is 3. The predicted octanol–water partition coefficient (Wildman–Crippen LogP) is 2.25. The van der Waals surface area contributed by atoms with Crippen molar-refractivity contribution in [3.8, 4) is 0 Å². The molecule has 0 aliphatic carbocycles. The normalized spacial score (nSPS) is 19.3. The molecule has 2 atom stereocenters. The van der Waals surface area contributed by atoms with Crippen LogP contribution < -0.4 is 5.32 Å². The zero-order valence-electron chi connectivity index (χ0n) is 12.8. The Labute approximate surface area is 135 Å². The largest absolute Gasteiger partial charge is 0.478 e. The first-order valence-electron chi connectivity index (χ1n) is 6.73. The van der Waals surface area contributed by atoms with Crippen LogP contribution in [0, 0.1) is 10.1 Å². The van der Waals surface area contributed by atoms with Gasteiger partial charge in [-0.3, -0.25) is 14.3 Å². The fourth-order valence-electron chi connectivity index (χ4n) is 2.78. The van der Waals surface area contributed by atoms with E-state index >= 15 is 0 Å². The minimum absolute atomic E-state index is 0.0429. The van der Waals surface area contributed by atoms with Gasteiger partial charge >= 0.3 is 5.97 Å². The third-order valence-electron chi connectivity index (χ3n) is 3.65. The summed E-state index contributed by atoms with van der Waals surface area (Å²) in [5.74, 6) is -1.94. The highest BCUT2D eigenvalue weighted by Crippen LogP contribution is 2.40. The van der Waals surface area contributed by atoms with E-state index in [1.54, 1.807) is 19.9 Å². The molecule has 0 bridgehead atoms. The number of nitro groups is 1. The second-order valence-electron chi connectivity index (χ2n) is 5.20. The van der Waals surface area contributed by atoms with E-state index in [1.807, 2.05) is 0 Å². The molecule has 8 heteroatoms. The Morgan fingerprint density at radius 2 is 2.00 bits per heavy atom. The Bertz CT molecular complexity index is 746. The Balaban J connectivity index is 2.72. The molecule has 2 unspecified atom stereocenters. The van der Waals surface area contributed by atoms with Crippen LogP contribution in [-0.2, 0) is 15.6 Å². The van der Waals surface area contributed by atoms with E-state index in [2.05, 4.69) is 5.32 Å². The number of carboxylic acids is 1. The molecule has 1 aromatic carbocycles. The van der Waals surface area contributed by atoms with Gasteiger partial charge in [0.2, 0.25) is 0 Å². The van der Waals surface area contributed by atoms with Crippen LogP contribution in [0.25, 0.3) is 0 Å². The molecule has 1 aliphatic rings. The highest BCUT2D eigenvalue weighted by atomic mass is 32.2. The van der Waals surface area contributed by atoms with E-state index in [0.717, 1.165) is 0 Å². The van der Waals surface area contributed by atoms with Crippen LogP contribution in [0.3, 0.4) is 0 Å². The monoisotopic (exact) mass is 336 g/mol. The van der Waals surface area contributed by atoms with Gasteiger partial charge in [0.15, 0.2) is 0 Å². The van der Waals surface area contributed by atoms with Gasteiger partial charge < -0.3 is 10.4 Å². The average molecular weight is 336 g/mol. The van der Waals surface area contributed by atoms with Crippen molar-refractivity contribution in [2.45, 2.75) is 19.8 Å². The summed E-state index contributed by atoms with van der Waals surface area (Å²) in [6.07, 6.45) is 1.46. The number of carboxylic acid groups (broad SMARTS) is 1. The van der Waals surface area contributed by atoms with Gasteiger partial charge in [-0.25, -0.2) is 4.79 Å². The van der Waals surface area contributed by atoms with Crippen molar-refractivity contribution in [2.24, 2.45) is 0 Å². The van der Waals surface area contributed by atoms with Gasteiger partial charge in [0.05, 0.1) is 16.4 Å². The Morgan fingerprint density at radius 3 is 2.52 bits per heavy atom. The summed E-state index contributed by atoms with van der Waals surface area (Å²) in [5, 5.41) is 23.5. The molecule has 2 N–H and O–H groups in total. The number of non-ortho nitro benzene ring substituents is 1. The highest BCUT2D eigenvalue weighted by molar-refractivity contribution is 7.88. The molecule has 7 nitrogen and oxygen atoms in total. The van der Waals surface area contributed by atoms with Crippen molar-refractivity contribution < 1.29 is 19.0 Å². The number of dihydropyridines is 1. The van der Waals surface area contributed by atoms with Crippen molar-refractivity contribution in [1.82, 2.24) is 5.32 Å². The standard InChI is InChI=1S/C15H16N2O5S/c1-8-12(15(18)19)13(14(23(3)22)9(2)16-8)10-5-4-6-11(7-10)17(20)21/h4-7,13,16H,1-3H3,(H,18,19). The maximum absolute atomic E-state index is 12.2. The number of nitro benzene ring substituents is 1. The summed E-state index contributed by atoms with van der Waals surface area (Å²) in [6, 6.07) is 5.77. The van der Waals surface area contributed by atoms with Crippen molar-refractivity contribution in [2.75, 3.05) is 6.26 Å². The lowest BCUT2D eigenvalue weighted by molar-refractivity contribution is -0.384. The predicted molar refractivity (Wildman–Crippen MR) is 86.1 cm³/mol. The minimum Gasteiger partial charge on any atom is -0.478 e. The van der Waals surface area contributed by atoms with E-state index in [-0.39, 0.29) is 11.3 Å². The van der Waals surface area contributed by atoms with E-state index < -0.39 is 27.6 Å². The first kappa shape index (κ1) is 16.9. The molecule has 1 aromatic rings. The Kier molecular flexibility index (Phi) is 4.65. The van der Waals surface area contributed by atoms with Crippen molar-refractivity contribution in [3.05, 3.63) is 61.8 Å². The molecule has 0 spiro atoms. The van der Waals surface area contributed by atoms with Crippen molar-refractivity contribution in [3.63, 3.8) is 0 Å². The van der Waals surface area contributed by atoms with Crippen LogP contribution in [0.15, 0.2) is 46.1 Å². The smallest absolute Gasteiger partial charge is 0.334 e. The number of aliphatic carboxylic acids is 1. The minimum atomic E-state index is -1.43. The maximum Gasteiger partial charge on any atom is 0.334 e. The topological polar surface area (TPSA) is 110 Å². The summed E-state index contributed by atoms with van der Waals surface area (Å²) in [5.41, 5.74) is 1.37. The van der Waals surface area contributed by atoms with Crippen LogP contribution >= 0.6 is 0 Å². The second kappa shape index (κ2) is 6.33. The molecule has 0 saturated heterocycles. The van der Waals surface area contributed by atoms with Crippen LogP contribution in [-0.4, -0.2) is 26.5 Å². The fourth-order valence-corrected chi connectivity index (χ4v) is 3.84. The fraction of sp³-hybridized carbons (Fsp3) is 0.267. The van der Waals surface area contributed by atoms with E-state index in [9.17, 15) is 24.2 Å². The Hall–Kier alpha value is -2.48. The highest BCUT2D eigenvalue weighted by Gasteiger charge is 2.35. The third-order valence-corrected chi connectivity index (χ3v) is 4.82. The van der Waals surface area contributed by atoms with Gasteiger partial charge in [-0.05, 0) is 19.4 Å². The average Bonchev–Trinajstić information content (AvgIpc) is 2.45. The first-order chi connectivity index (χ1) is 10.7. The molecule has 1 aliphatic heterocycles. The lowest BCUT2D eigenvalue weighted by Crippen LogP contribution is -2.29. The van der Waals surface area contributed by atoms with Crippen LogP contribution in [0.2, 0.25) is 0 Å². The summed E-state index contributed by atoms with van der Waals surface area (Å²) in [7, 11) is -1.43. The molecule has 2 rings (SSSR count). The van der Waals surface area contributed by atoms with E-state index in [1.165, 1.54) is 24.5 Å². The number of benzene rings is 1.